The Bertz CT molecular complexity index is 707. The first-order valence-corrected chi connectivity index (χ1v) is 8.31. The molecule has 128 valence electrons. The van der Waals surface area contributed by atoms with Crippen LogP contribution in [0.3, 0.4) is 0 Å². The Morgan fingerprint density at radius 2 is 1.92 bits per heavy atom. The highest BCUT2D eigenvalue weighted by Gasteiger charge is 2.12. The van der Waals surface area contributed by atoms with Crippen LogP contribution in [0.5, 0.6) is 0 Å². The highest BCUT2D eigenvalue weighted by Crippen LogP contribution is 2.25. The van der Waals surface area contributed by atoms with Crippen LogP contribution in [0, 0.1) is 0 Å². The summed E-state index contributed by atoms with van der Waals surface area (Å²) in [6, 6.07) is 12.6. The largest absolute Gasteiger partial charge is 0.380 e. The fourth-order valence-corrected chi connectivity index (χ4v) is 2.93. The van der Waals surface area contributed by atoms with E-state index in [1.54, 1.807) is 19.2 Å². The number of ether oxygens (including phenoxy) is 1. The average molecular weight is 367 g/mol. The smallest absolute Gasteiger partial charge is 0.315 e. The van der Waals surface area contributed by atoms with Crippen LogP contribution in [0.2, 0.25) is 10.0 Å². The molecule has 6 heteroatoms. The van der Waals surface area contributed by atoms with Gasteiger partial charge in [-0.2, -0.15) is 0 Å². The number of carbonyl (C=O) groups excluding carboxylic acids is 1. The minimum absolute atomic E-state index is 0.227. The lowest BCUT2D eigenvalue weighted by molar-refractivity contribution is 0.185. The van der Waals surface area contributed by atoms with Gasteiger partial charge in [-0.25, -0.2) is 4.79 Å². The van der Waals surface area contributed by atoms with Crippen LogP contribution in [0.4, 0.5) is 4.79 Å². The second-order valence-electron chi connectivity index (χ2n) is 5.47. The molecule has 1 unspecified atom stereocenters. The molecule has 2 rings (SSSR count). The zero-order chi connectivity index (χ0) is 17.5. The number of halogens is 2. The third kappa shape index (κ3) is 5.41. The maximum absolute atomic E-state index is 12.1. The second kappa shape index (κ2) is 8.92. The predicted octanol–water partition coefficient (Wildman–Crippen LogP) is 4.70. The van der Waals surface area contributed by atoms with Gasteiger partial charge in [0.1, 0.15) is 0 Å². The molecule has 1 atom stereocenters. The summed E-state index contributed by atoms with van der Waals surface area (Å²) in [5.41, 5.74) is 2.90. The van der Waals surface area contributed by atoms with Crippen LogP contribution >= 0.6 is 23.2 Å². The Morgan fingerprint density at radius 3 is 2.62 bits per heavy atom. The molecule has 0 aliphatic heterocycles. The van der Waals surface area contributed by atoms with E-state index in [1.165, 1.54) is 0 Å². The molecular weight excluding hydrogens is 347 g/mol. The van der Waals surface area contributed by atoms with Crippen molar-refractivity contribution in [2.45, 2.75) is 26.1 Å². The van der Waals surface area contributed by atoms with Gasteiger partial charge in [-0.05, 0) is 35.7 Å². The molecule has 0 saturated heterocycles. The van der Waals surface area contributed by atoms with Gasteiger partial charge >= 0.3 is 6.03 Å². The fraction of sp³-hybridized carbons (Fsp3) is 0.278. The number of nitrogens with one attached hydrogen (secondary N) is 2. The van der Waals surface area contributed by atoms with E-state index < -0.39 is 0 Å². The molecule has 0 saturated carbocycles. The monoisotopic (exact) mass is 366 g/mol. The Hall–Kier alpha value is -1.75. The van der Waals surface area contributed by atoms with Gasteiger partial charge in [0.05, 0.1) is 12.6 Å². The standard InChI is InChI=1S/C18H20Cl2N2O2/c1-12(16-7-6-15(19)9-17(16)20)22-18(23)21-10-13-4-3-5-14(8-13)11-24-2/h3-9,12H,10-11H2,1-2H3,(H2,21,22,23). The van der Waals surface area contributed by atoms with E-state index in [2.05, 4.69) is 10.6 Å². The molecule has 0 heterocycles. The lowest BCUT2D eigenvalue weighted by Gasteiger charge is -2.16. The molecule has 2 aromatic carbocycles. The summed E-state index contributed by atoms with van der Waals surface area (Å²) < 4.78 is 5.11. The van der Waals surface area contributed by atoms with Gasteiger partial charge in [-0.3, -0.25) is 0 Å². The summed E-state index contributed by atoms with van der Waals surface area (Å²) in [6.45, 7) is 2.85. The van der Waals surface area contributed by atoms with Gasteiger partial charge < -0.3 is 15.4 Å². The Labute approximate surface area is 152 Å². The quantitative estimate of drug-likeness (QED) is 0.778. The van der Waals surface area contributed by atoms with Crippen LogP contribution in [-0.2, 0) is 17.9 Å². The number of benzene rings is 2. The molecule has 0 radical (unpaired) electrons. The molecule has 0 spiro atoms. The minimum atomic E-state index is -0.259. The van der Waals surface area contributed by atoms with Crippen LogP contribution in [0.1, 0.15) is 29.7 Å². The summed E-state index contributed by atoms with van der Waals surface area (Å²) >= 11 is 12.0. The lowest BCUT2D eigenvalue weighted by atomic mass is 10.1. The average Bonchev–Trinajstić information content (AvgIpc) is 2.53. The van der Waals surface area contributed by atoms with E-state index in [0.717, 1.165) is 16.7 Å². The number of urea groups is 1. The summed E-state index contributed by atoms with van der Waals surface area (Å²) in [7, 11) is 1.65. The molecule has 2 amide bonds. The van der Waals surface area contributed by atoms with E-state index >= 15 is 0 Å². The molecule has 0 bridgehead atoms. The summed E-state index contributed by atoms with van der Waals surface area (Å²) in [5.74, 6) is 0. The Balaban J connectivity index is 1.89. The van der Waals surface area contributed by atoms with Gasteiger partial charge in [0.25, 0.3) is 0 Å². The third-order valence-corrected chi connectivity index (χ3v) is 4.09. The van der Waals surface area contributed by atoms with E-state index in [9.17, 15) is 4.79 Å². The number of carbonyl (C=O) groups is 1. The zero-order valence-corrected chi connectivity index (χ0v) is 15.1. The number of methoxy groups -OCH3 is 1. The second-order valence-corrected chi connectivity index (χ2v) is 6.31. The van der Waals surface area contributed by atoms with Crippen molar-refractivity contribution in [3.8, 4) is 0 Å². The maximum Gasteiger partial charge on any atom is 0.315 e. The van der Waals surface area contributed by atoms with Gasteiger partial charge in [-0.15, -0.1) is 0 Å². The number of hydrogen-bond acceptors (Lipinski definition) is 2. The number of hydrogen-bond donors (Lipinski definition) is 2. The summed E-state index contributed by atoms with van der Waals surface area (Å²) in [6.07, 6.45) is 0. The van der Waals surface area contributed by atoms with Crippen molar-refractivity contribution in [2.75, 3.05) is 7.11 Å². The van der Waals surface area contributed by atoms with Gasteiger partial charge in [0, 0.05) is 23.7 Å². The highest BCUT2D eigenvalue weighted by atomic mass is 35.5. The molecule has 2 N–H and O–H groups in total. The van der Waals surface area contributed by atoms with Crippen molar-refractivity contribution in [1.82, 2.24) is 10.6 Å². The minimum Gasteiger partial charge on any atom is -0.380 e. The molecule has 0 aliphatic carbocycles. The molecular formula is C18H20Cl2N2O2. The van der Waals surface area contributed by atoms with Crippen LogP contribution in [0.15, 0.2) is 42.5 Å². The summed E-state index contributed by atoms with van der Waals surface area (Å²) in [4.78, 5) is 12.1. The summed E-state index contributed by atoms with van der Waals surface area (Å²) in [5, 5.41) is 6.80. The molecule has 0 aromatic heterocycles. The van der Waals surface area contributed by atoms with Crippen molar-refractivity contribution in [3.05, 3.63) is 69.2 Å². The maximum atomic E-state index is 12.1. The zero-order valence-electron chi connectivity index (χ0n) is 13.6. The topological polar surface area (TPSA) is 50.4 Å². The van der Waals surface area contributed by atoms with Gasteiger partial charge in [0.2, 0.25) is 0 Å². The first-order chi connectivity index (χ1) is 11.5. The van der Waals surface area contributed by atoms with Crippen LogP contribution < -0.4 is 10.6 Å². The molecule has 0 aliphatic rings. The van der Waals surface area contributed by atoms with E-state index in [4.69, 9.17) is 27.9 Å². The van der Waals surface area contributed by atoms with Gasteiger partial charge in [0.15, 0.2) is 0 Å². The van der Waals surface area contributed by atoms with Crippen molar-refractivity contribution in [1.29, 1.82) is 0 Å². The molecule has 24 heavy (non-hydrogen) atoms. The lowest BCUT2D eigenvalue weighted by Crippen LogP contribution is -2.36. The molecule has 2 aromatic rings. The first-order valence-electron chi connectivity index (χ1n) is 7.55. The fourth-order valence-electron chi connectivity index (χ4n) is 2.36. The Kier molecular flexibility index (Phi) is 6.91. The number of amides is 2. The molecule has 4 nitrogen and oxygen atoms in total. The van der Waals surface area contributed by atoms with E-state index in [-0.39, 0.29) is 12.1 Å². The van der Waals surface area contributed by atoms with Crippen LogP contribution in [0.25, 0.3) is 0 Å². The van der Waals surface area contributed by atoms with E-state index in [1.807, 2.05) is 37.3 Å². The van der Waals surface area contributed by atoms with Gasteiger partial charge in [-0.1, -0.05) is 53.5 Å². The SMILES string of the molecule is COCc1cccc(CNC(=O)NC(C)c2ccc(Cl)cc2Cl)c1. The van der Waals surface area contributed by atoms with Crippen molar-refractivity contribution >= 4 is 29.2 Å². The predicted molar refractivity (Wildman–Crippen MR) is 97.4 cm³/mol. The first kappa shape index (κ1) is 18.6. The normalized spacial score (nSPS) is 11.8. The van der Waals surface area contributed by atoms with Crippen molar-refractivity contribution < 1.29 is 9.53 Å². The van der Waals surface area contributed by atoms with Crippen molar-refractivity contribution in [3.63, 3.8) is 0 Å². The third-order valence-electron chi connectivity index (χ3n) is 3.53. The molecule has 0 fully saturated rings. The van der Waals surface area contributed by atoms with E-state index in [0.29, 0.717) is 23.2 Å². The highest BCUT2D eigenvalue weighted by molar-refractivity contribution is 6.35. The number of rotatable bonds is 6. The van der Waals surface area contributed by atoms with Crippen LogP contribution in [-0.4, -0.2) is 13.1 Å². The Morgan fingerprint density at radius 1 is 1.17 bits per heavy atom. The van der Waals surface area contributed by atoms with Crippen molar-refractivity contribution in [2.24, 2.45) is 0 Å².